The Bertz CT molecular complexity index is 3340. The minimum atomic E-state index is -1.93. The largest absolute Gasteiger partial charge is 1.00 e. The van der Waals surface area contributed by atoms with Crippen LogP contribution < -0.4 is 119 Å². The van der Waals surface area contributed by atoms with Crippen LogP contribution in [0.25, 0.3) is 0 Å². The van der Waals surface area contributed by atoms with Crippen LogP contribution in [-0.2, 0) is 114 Å². The molecule has 0 aromatic heterocycles. The first kappa shape index (κ1) is 121. The van der Waals surface area contributed by atoms with E-state index in [2.05, 4.69) is 15.2 Å². The zero-order valence-electron chi connectivity index (χ0n) is 81.6. The minimum Gasteiger partial charge on any atom is -1.00 e. The quantitative estimate of drug-likeness (QED) is 0.00931. The number of carbonyl (C=O) groups excluding carboxylic acids is 5. The van der Waals surface area contributed by atoms with Crippen LogP contribution in [0.1, 0.15) is 218 Å². The van der Waals surface area contributed by atoms with Gasteiger partial charge in [0.15, 0.2) is 43.0 Å². The van der Waals surface area contributed by atoms with Crippen molar-refractivity contribution in [2.75, 3.05) is 82.9 Å². The normalized spacial score (nSPS) is 42.9. The molecule has 7 aliphatic heterocycles. The van der Waals surface area contributed by atoms with E-state index < -0.39 is 216 Å². The van der Waals surface area contributed by atoms with E-state index in [1.165, 1.54) is 13.8 Å². The SMILES string of the molecule is C.CC[C@H]1OC(=O)[C@H](C)[C@@H](O[C@H]2C[C@@](C)(OC)[C@@H](OCCCN)[C@H](C)O2)[C@H](C)[C@@H](O[C@@H]2O[C@H](C)C[C@H](N(C)C)[C@H]2O)[C@](C)(OC)C[C@@H](C)/C(=N\O)[C@H](C)[C@@H](O)[C@]1(C)O.CC[C@H]1OC(=O)[C@H](C)[C@@H](O[C@H]2C[C@@](C)(OC)[C@@H](OCCCN)[C@H](C)O2)[C@H](C)[C@@H](O[C@@H]2O[C@H](C)C[C@H](N(C)C)[C@H]2OC(C)=O)[C@](C)(OC)C[C@@H](C)/C(=N\O)[C@H](C)[C@H]2OC(=O)O[C@@]21C.O=CO[O-].[H-].[K+].[K+]. The number of nitrogens with two attached hydrogens (primary N) is 2. The van der Waals surface area contributed by atoms with Crippen molar-refractivity contribution in [2.45, 2.75) is 386 Å². The second-order valence-electron chi connectivity index (χ2n) is 36.7. The number of hydrogen-bond acceptors (Lipinski definition) is 37. The number of ether oxygens (including phenoxy) is 19. The summed E-state index contributed by atoms with van der Waals surface area (Å²) in [7, 11) is 13.9. The average molecular weight is 1860 g/mol. The summed E-state index contributed by atoms with van der Waals surface area (Å²) in [5, 5.41) is 72.1. The molecular formula is C87H160K2N6O31. The van der Waals surface area contributed by atoms with Gasteiger partial charge >= 0.3 is 127 Å². The maximum Gasteiger partial charge on any atom is 1.00 e. The maximum absolute atomic E-state index is 14.7. The van der Waals surface area contributed by atoms with Crippen molar-refractivity contribution in [3.05, 3.63) is 0 Å². The number of nitrogens with zero attached hydrogens (tertiary/aromatic N) is 4. The Labute approximate surface area is 835 Å². The predicted octanol–water partition coefficient (Wildman–Crippen LogP) is 1.09. The third kappa shape index (κ3) is 29.8. The Kier molecular flexibility index (Phi) is 51.5. The Morgan fingerprint density at radius 1 is 0.563 bits per heavy atom. The zero-order valence-corrected chi connectivity index (χ0v) is 86.8. The summed E-state index contributed by atoms with van der Waals surface area (Å²) in [6, 6.07) is -0.552. The number of carbonyl (C=O) groups is 5. The fourth-order valence-electron chi connectivity index (χ4n) is 19.7. The summed E-state index contributed by atoms with van der Waals surface area (Å²) in [6.07, 6.45) is -13.9. The van der Waals surface area contributed by atoms with Crippen molar-refractivity contribution < 1.29 is 254 Å². The molecule has 0 amide bonds. The third-order valence-electron chi connectivity index (χ3n) is 26.8. The maximum atomic E-state index is 14.7. The van der Waals surface area contributed by atoms with Crippen LogP contribution in [0.3, 0.4) is 0 Å². The molecule has 7 fully saturated rings. The molecule has 726 valence electrons. The van der Waals surface area contributed by atoms with E-state index in [9.17, 15) is 44.9 Å². The van der Waals surface area contributed by atoms with Crippen molar-refractivity contribution >= 4 is 42.0 Å². The molecule has 7 saturated heterocycles. The van der Waals surface area contributed by atoms with Crippen LogP contribution in [0, 0.1) is 47.3 Å². The van der Waals surface area contributed by atoms with E-state index in [0.717, 1.165) is 0 Å². The summed E-state index contributed by atoms with van der Waals surface area (Å²) in [6.45, 7) is 39.2. The van der Waals surface area contributed by atoms with Gasteiger partial charge < -0.3 is 149 Å². The Morgan fingerprint density at radius 2 is 0.944 bits per heavy atom. The molecule has 0 spiro atoms. The second kappa shape index (κ2) is 53.8. The predicted molar refractivity (Wildman–Crippen MR) is 453 cm³/mol. The molecule has 126 heavy (non-hydrogen) atoms. The van der Waals surface area contributed by atoms with E-state index >= 15 is 0 Å². The molecule has 0 saturated carbocycles. The number of cyclic esters (lactones) is 2. The fourth-order valence-corrected chi connectivity index (χ4v) is 19.7. The molecule has 0 unspecified atom stereocenters. The van der Waals surface area contributed by atoms with Gasteiger partial charge in [-0.3, -0.25) is 19.2 Å². The fraction of sp³-hybridized carbons (Fsp3) is 0.920. The molecule has 0 aromatic rings. The van der Waals surface area contributed by atoms with Gasteiger partial charge in [0.05, 0.1) is 107 Å². The van der Waals surface area contributed by atoms with Gasteiger partial charge in [0.1, 0.15) is 36.1 Å². The minimum absolute atomic E-state index is 0. The summed E-state index contributed by atoms with van der Waals surface area (Å²) in [4.78, 5) is 69.9. The van der Waals surface area contributed by atoms with Crippen molar-refractivity contribution in [3.8, 4) is 0 Å². The van der Waals surface area contributed by atoms with Crippen molar-refractivity contribution in [1.29, 1.82) is 0 Å². The van der Waals surface area contributed by atoms with Crippen LogP contribution in [0.4, 0.5) is 4.79 Å². The molecule has 0 aromatic carbocycles. The van der Waals surface area contributed by atoms with Gasteiger partial charge in [-0.2, -0.15) is 0 Å². The van der Waals surface area contributed by atoms with Crippen molar-refractivity contribution in [1.82, 2.24) is 9.80 Å². The molecule has 0 bridgehead atoms. The number of fused-ring (bicyclic) bond motifs is 1. The van der Waals surface area contributed by atoms with E-state index in [-0.39, 0.29) is 187 Å². The number of likely N-dealkylation sites (N-methyl/N-ethyl adjacent to an activating group) is 2. The van der Waals surface area contributed by atoms with Gasteiger partial charge in [0.2, 0.25) is 0 Å². The molecule has 39 heteroatoms. The number of methoxy groups -OCH3 is 4. The third-order valence-corrected chi connectivity index (χ3v) is 26.8. The summed E-state index contributed by atoms with van der Waals surface area (Å²) >= 11 is 0. The van der Waals surface area contributed by atoms with Gasteiger partial charge in [-0.05, 0) is 176 Å². The average Bonchev–Trinajstić information content (AvgIpc) is 1.17. The number of aliphatic hydroxyl groups is 3. The summed E-state index contributed by atoms with van der Waals surface area (Å²) < 4.78 is 121. The molecule has 9 N–H and O–H groups in total. The zero-order chi connectivity index (χ0) is 93.1. The van der Waals surface area contributed by atoms with Crippen LogP contribution in [-0.4, -0.2) is 329 Å². The first-order valence-electron chi connectivity index (χ1n) is 43.6. The number of rotatable bonds is 26. The smallest absolute Gasteiger partial charge is 1.00 e. The van der Waals surface area contributed by atoms with E-state index in [1.54, 1.807) is 70.0 Å². The molecular weight excluding hydrogens is 1700 g/mol. The van der Waals surface area contributed by atoms with Gasteiger partial charge in [-0.15, -0.1) is 0 Å². The van der Waals surface area contributed by atoms with E-state index in [4.69, 9.17) is 112 Å². The van der Waals surface area contributed by atoms with Crippen LogP contribution >= 0.6 is 0 Å². The number of hydrogen-bond donors (Lipinski definition) is 7. The molecule has 36 atom stereocenters. The first-order valence-corrected chi connectivity index (χ1v) is 43.6. The Balaban J connectivity index is 0.00000119. The Morgan fingerprint density at radius 3 is 1.32 bits per heavy atom. The standard InChI is InChI=1S/C44H77N3O15.C41H77N3O13.CH2O3.CH4.2K.H/c1-16-31-44(11)37(61-41(50)62-44)25(4)33(46-51)23(2)21-42(9,52-14)36(60-40-35(57-29(8)48)30(47(12)13)20-24(3)55-40)26(5)34(27(6)39(49)58-31)59-32-22-43(10,53-15)38(28(7)56-32)54-19-17-18-45;1-15-29-41(10,48)34(46)24(4)31(43-49)22(2)20-39(8,50-13)35(57-38-32(45)28(44(11)12)19-23(3)53-38)25(5)33(26(6)37(47)55-29)56-30-21-40(9,51-14)36(27(7)54-30)52-18-16-17-42;2-1-4-3;;;;/h23-28,30-32,34-38,40,51H,16-22,45H2,1-15H3;22-30,32-36,38,45-46,48-49H,15-21,42H2,1-14H3;1,3H;1H4;;;/q;;;;2*+1;-1/p-1/b46-33+;43-31+;;;;;/t23-,24-,25+,26+,27-,28+,30+,31-,32+,34+,35-,36-,37-,38+,40+,42-,43-,44-;22-,23-,24+,25+,26-,27+,28+,29-,30+,32-,33+,34-,35-,36+,38+,39-,40-,41-;;;;;/m11...../s1. The van der Waals surface area contributed by atoms with E-state index in [0.29, 0.717) is 57.7 Å². The van der Waals surface area contributed by atoms with Crippen LogP contribution in [0.2, 0.25) is 0 Å². The van der Waals surface area contributed by atoms with Crippen molar-refractivity contribution in [3.63, 3.8) is 0 Å². The number of esters is 3. The molecule has 0 radical (unpaired) electrons. The Hall–Kier alpha value is -1.52. The van der Waals surface area contributed by atoms with Gasteiger partial charge in [-0.25, -0.2) is 4.79 Å². The topological polar surface area (TPSA) is 477 Å². The van der Waals surface area contributed by atoms with Gasteiger partial charge in [0, 0.05) is 103 Å². The van der Waals surface area contributed by atoms with Crippen LogP contribution in [0.5, 0.6) is 0 Å². The summed E-state index contributed by atoms with van der Waals surface area (Å²) in [5.74, 6) is -7.84. The monoisotopic (exact) mass is 1860 g/mol. The molecule has 7 aliphatic rings. The second-order valence-corrected chi connectivity index (χ2v) is 36.7. The molecule has 37 nitrogen and oxygen atoms in total. The molecule has 7 rings (SSSR count). The van der Waals surface area contributed by atoms with Gasteiger partial charge in [0.25, 0.3) is 6.47 Å². The van der Waals surface area contributed by atoms with E-state index in [1.807, 2.05) is 128 Å². The molecule has 0 aliphatic carbocycles. The van der Waals surface area contributed by atoms with Crippen molar-refractivity contribution in [2.24, 2.45) is 69.1 Å². The van der Waals surface area contributed by atoms with Crippen LogP contribution in [0.15, 0.2) is 10.3 Å². The summed E-state index contributed by atoms with van der Waals surface area (Å²) in [5.41, 5.74) is 4.46. The molecule has 7 heterocycles. The first-order chi connectivity index (χ1) is 57.5. The number of aliphatic hydroxyl groups excluding tert-OH is 2. The van der Waals surface area contributed by atoms with Gasteiger partial charge in [-0.1, -0.05) is 73.1 Å². The number of oxime groups is 2.